The first-order chi connectivity index (χ1) is 19.7. The number of para-hydroxylation sites is 1. The number of nitrogens with one attached hydrogen (secondary N) is 1. The molecule has 0 spiro atoms. The second kappa shape index (κ2) is 11.8. The normalized spacial score (nSPS) is 14.6. The van der Waals surface area contributed by atoms with Crippen LogP contribution in [0.2, 0.25) is 0 Å². The molecule has 41 heavy (non-hydrogen) atoms. The lowest BCUT2D eigenvalue weighted by Crippen LogP contribution is -2.48. The van der Waals surface area contributed by atoms with Crippen molar-refractivity contribution in [2.75, 3.05) is 38.0 Å². The molecular weight excluding hydrogens is 566 g/mol. The molecule has 13 heteroatoms. The molecule has 1 saturated heterocycles. The summed E-state index contributed by atoms with van der Waals surface area (Å²) in [6, 6.07) is 16.6. The van der Waals surface area contributed by atoms with Crippen molar-refractivity contribution in [1.82, 2.24) is 19.0 Å². The highest BCUT2D eigenvalue weighted by molar-refractivity contribution is 7.89. The number of thiophene rings is 1. The molecule has 2 aromatic heterocycles. The molecule has 0 atom stereocenters. The van der Waals surface area contributed by atoms with Gasteiger partial charge in [-0.2, -0.15) is 14.1 Å². The second-order valence-corrected chi connectivity index (χ2v) is 12.2. The Morgan fingerprint density at radius 3 is 2.41 bits per heavy atom. The van der Waals surface area contributed by atoms with Crippen LogP contribution in [0.4, 0.5) is 5.69 Å². The van der Waals surface area contributed by atoms with Crippen molar-refractivity contribution >= 4 is 38.9 Å². The number of amides is 1. The first kappa shape index (κ1) is 28.5. The molecule has 2 N–H and O–H groups in total. The van der Waals surface area contributed by atoms with Crippen LogP contribution in [0.25, 0.3) is 5.69 Å². The number of piperazine rings is 1. The van der Waals surface area contributed by atoms with E-state index in [1.54, 1.807) is 54.8 Å². The molecule has 0 bridgehead atoms. The van der Waals surface area contributed by atoms with Crippen LogP contribution in [-0.2, 0) is 10.0 Å². The number of anilines is 1. The Balaban J connectivity index is 1.58. The van der Waals surface area contributed by atoms with E-state index in [1.165, 1.54) is 32.5 Å². The van der Waals surface area contributed by atoms with Crippen molar-refractivity contribution in [2.45, 2.75) is 18.7 Å². The maximum absolute atomic E-state index is 14.0. The summed E-state index contributed by atoms with van der Waals surface area (Å²) in [6.45, 7) is 6.17. The second-order valence-electron chi connectivity index (χ2n) is 9.36. The van der Waals surface area contributed by atoms with E-state index in [2.05, 4.69) is 15.3 Å². The van der Waals surface area contributed by atoms with Crippen LogP contribution in [0.3, 0.4) is 0 Å². The van der Waals surface area contributed by atoms with E-state index < -0.39 is 16.0 Å². The summed E-state index contributed by atoms with van der Waals surface area (Å²) in [6.07, 6.45) is 0. The van der Waals surface area contributed by atoms with Crippen molar-refractivity contribution in [3.05, 3.63) is 82.2 Å². The van der Waals surface area contributed by atoms with E-state index in [9.17, 15) is 23.1 Å². The number of carbonyl (C=O) groups excluding carboxylic acids is 1. The van der Waals surface area contributed by atoms with E-state index in [-0.39, 0.29) is 39.4 Å². The Hall–Kier alpha value is -4.04. The molecular formula is C28H29N5O6S2. The van der Waals surface area contributed by atoms with Crippen LogP contribution in [0.1, 0.15) is 32.6 Å². The van der Waals surface area contributed by atoms with Gasteiger partial charge in [-0.3, -0.25) is 4.79 Å². The number of aromatic carboxylic acids is 1. The van der Waals surface area contributed by atoms with E-state index in [4.69, 9.17) is 4.74 Å². The van der Waals surface area contributed by atoms with Crippen LogP contribution in [0, 0.1) is 6.92 Å². The molecule has 1 fully saturated rings. The van der Waals surface area contributed by atoms with Crippen LogP contribution >= 0.6 is 11.3 Å². The van der Waals surface area contributed by atoms with Gasteiger partial charge < -0.3 is 20.1 Å². The molecule has 3 heterocycles. The predicted molar refractivity (Wildman–Crippen MR) is 155 cm³/mol. The van der Waals surface area contributed by atoms with Gasteiger partial charge in [0, 0.05) is 37.4 Å². The molecule has 214 valence electrons. The van der Waals surface area contributed by atoms with Crippen LogP contribution < -0.4 is 10.1 Å². The lowest BCUT2D eigenvalue weighted by molar-refractivity contribution is 0.0689. The summed E-state index contributed by atoms with van der Waals surface area (Å²) in [5, 5.41) is 18.5. The van der Waals surface area contributed by atoms with Gasteiger partial charge in [-0.05, 0) is 55.2 Å². The van der Waals surface area contributed by atoms with Gasteiger partial charge in [0.1, 0.15) is 10.6 Å². The lowest BCUT2D eigenvalue weighted by atomic mass is 10.2. The number of carboxylic acid groups (broad SMARTS) is 1. The number of sulfonamides is 1. The van der Waals surface area contributed by atoms with Gasteiger partial charge in [0.2, 0.25) is 15.9 Å². The number of benzene rings is 2. The fraction of sp³-hybridized carbons (Fsp3) is 0.250. The zero-order valence-corrected chi connectivity index (χ0v) is 24.1. The molecule has 0 saturated carbocycles. The number of likely N-dealkylation sites (N-methyl/N-ethyl adjacent to an activating group) is 1. The SMILES string of the molecule is CCN1CCN(S(=O)(=O)c2cc(NC(=O)c3cccs3)ccc2Oc2c(C)c(C(=O)O)nn2-c2ccccc2)CC1. The minimum atomic E-state index is -4.07. The fourth-order valence-electron chi connectivity index (χ4n) is 4.55. The Kier molecular flexibility index (Phi) is 8.22. The van der Waals surface area contributed by atoms with Crippen LogP contribution in [0.5, 0.6) is 11.6 Å². The molecule has 11 nitrogen and oxygen atoms in total. The number of hydrogen-bond donors (Lipinski definition) is 2. The zero-order chi connectivity index (χ0) is 29.1. The molecule has 5 rings (SSSR count). The molecule has 1 amide bonds. The van der Waals surface area contributed by atoms with Gasteiger partial charge in [-0.15, -0.1) is 11.3 Å². The third-order valence-electron chi connectivity index (χ3n) is 6.82. The van der Waals surface area contributed by atoms with Crippen molar-refractivity contribution in [2.24, 2.45) is 0 Å². The molecule has 0 aliphatic carbocycles. The van der Waals surface area contributed by atoms with E-state index >= 15 is 0 Å². The first-order valence-electron chi connectivity index (χ1n) is 13.0. The Morgan fingerprint density at radius 1 is 1.05 bits per heavy atom. The minimum absolute atomic E-state index is 0.0193. The zero-order valence-electron chi connectivity index (χ0n) is 22.5. The summed E-state index contributed by atoms with van der Waals surface area (Å²) in [5.41, 5.74) is 0.833. The van der Waals surface area contributed by atoms with Crippen molar-refractivity contribution in [3.63, 3.8) is 0 Å². The lowest BCUT2D eigenvalue weighted by Gasteiger charge is -2.33. The smallest absolute Gasteiger partial charge is 0.356 e. The quantitative estimate of drug-likeness (QED) is 0.292. The number of carbonyl (C=O) groups is 2. The summed E-state index contributed by atoms with van der Waals surface area (Å²) in [5.74, 6) is -1.56. The molecule has 0 unspecified atom stereocenters. The molecule has 4 aromatic rings. The van der Waals surface area contributed by atoms with Crippen molar-refractivity contribution in [3.8, 4) is 17.3 Å². The summed E-state index contributed by atoms with van der Waals surface area (Å²) < 4.78 is 37.0. The highest BCUT2D eigenvalue weighted by atomic mass is 32.2. The number of carboxylic acids is 1. The third-order valence-corrected chi connectivity index (χ3v) is 9.61. The van der Waals surface area contributed by atoms with Crippen LogP contribution in [-0.4, -0.2) is 77.1 Å². The standard InChI is InChI=1S/C28H29N5O6S2/c1-3-31-13-15-32(16-14-31)41(37,38)24-18-20(29-26(34)23-10-7-17-40-23)11-12-22(24)39-27-19(2)25(28(35)36)30-33(27)21-8-5-4-6-9-21/h4-12,17-18H,3,13-16H2,1-2H3,(H,29,34)(H,35,36). The molecule has 2 aromatic carbocycles. The third kappa shape index (κ3) is 5.88. The van der Waals surface area contributed by atoms with E-state index in [0.717, 1.165) is 6.54 Å². The Labute approximate surface area is 241 Å². The minimum Gasteiger partial charge on any atom is -0.476 e. The average Bonchev–Trinajstić information content (AvgIpc) is 3.63. The number of hydrogen-bond acceptors (Lipinski definition) is 8. The van der Waals surface area contributed by atoms with E-state index in [0.29, 0.717) is 36.7 Å². The van der Waals surface area contributed by atoms with Crippen molar-refractivity contribution < 1.29 is 27.9 Å². The summed E-state index contributed by atoms with van der Waals surface area (Å²) >= 11 is 1.27. The summed E-state index contributed by atoms with van der Waals surface area (Å²) in [4.78, 5) is 27.1. The van der Waals surface area contributed by atoms with Gasteiger partial charge in [0.15, 0.2) is 5.69 Å². The Bertz CT molecular complexity index is 1660. The number of rotatable bonds is 9. The van der Waals surface area contributed by atoms with Crippen LogP contribution in [0.15, 0.2) is 70.9 Å². The van der Waals surface area contributed by atoms with Gasteiger partial charge in [0.25, 0.3) is 5.91 Å². The number of aromatic nitrogens is 2. The van der Waals surface area contributed by atoms with Crippen molar-refractivity contribution in [1.29, 1.82) is 0 Å². The highest BCUT2D eigenvalue weighted by Gasteiger charge is 2.32. The monoisotopic (exact) mass is 595 g/mol. The predicted octanol–water partition coefficient (Wildman–Crippen LogP) is 4.31. The maximum atomic E-state index is 14.0. The largest absolute Gasteiger partial charge is 0.476 e. The van der Waals surface area contributed by atoms with E-state index in [1.807, 2.05) is 13.0 Å². The van der Waals surface area contributed by atoms with Gasteiger partial charge in [0.05, 0.1) is 10.6 Å². The van der Waals surface area contributed by atoms with Gasteiger partial charge in [-0.1, -0.05) is 31.2 Å². The Morgan fingerprint density at radius 2 is 1.78 bits per heavy atom. The highest BCUT2D eigenvalue weighted by Crippen LogP contribution is 2.37. The fourth-order valence-corrected chi connectivity index (χ4v) is 6.73. The topological polar surface area (TPSA) is 134 Å². The molecule has 1 aliphatic heterocycles. The summed E-state index contributed by atoms with van der Waals surface area (Å²) in [7, 11) is -4.07. The number of nitrogens with zero attached hydrogens (tertiary/aromatic N) is 4. The van der Waals surface area contributed by atoms with Gasteiger partial charge in [-0.25, -0.2) is 13.2 Å². The average molecular weight is 596 g/mol. The maximum Gasteiger partial charge on any atom is 0.356 e. The number of ether oxygens (including phenoxy) is 1. The molecule has 1 aliphatic rings. The first-order valence-corrected chi connectivity index (χ1v) is 15.3. The molecule has 0 radical (unpaired) electrons. The van der Waals surface area contributed by atoms with Gasteiger partial charge >= 0.3 is 5.97 Å².